The van der Waals surface area contributed by atoms with Crippen molar-refractivity contribution in [2.75, 3.05) is 0 Å². The quantitative estimate of drug-likeness (QED) is 0.583. The van der Waals surface area contributed by atoms with Crippen LogP contribution in [-0.4, -0.2) is 20.5 Å². The molecule has 1 saturated carbocycles. The Bertz CT molecular complexity index is 652. The van der Waals surface area contributed by atoms with E-state index in [1.54, 1.807) is 0 Å². The van der Waals surface area contributed by atoms with E-state index >= 15 is 0 Å². The van der Waals surface area contributed by atoms with Crippen LogP contribution in [0.4, 0.5) is 0 Å². The standard InChI is InChI=1S/C13H13Cl3O4S/c14-10-6-8(7-11(12(10)15)21(16,18)19)13(17)20-9-4-2-1-3-5-9/h6-7,9H,1-5H2. The van der Waals surface area contributed by atoms with Gasteiger partial charge in [0.2, 0.25) is 0 Å². The third-order valence-electron chi connectivity index (χ3n) is 3.32. The molecule has 0 heterocycles. The normalized spacial score (nSPS) is 16.7. The van der Waals surface area contributed by atoms with Crippen LogP contribution in [0, 0.1) is 0 Å². The molecule has 8 heteroatoms. The Balaban J connectivity index is 2.27. The Hall–Kier alpha value is -0.490. The molecule has 1 aliphatic rings. The summed E-state index contributed by atoms with van der Waals surface area (Å²) in [7, 11) is 1.18. The van der Waals surface area contributed by atoms with Gasteiger partial charge in [-0.1, -0.05) is 29.6 Å². The van der Waals surface area contributed by atoms with Gasteiger partial charge in [-0.05, 0) is 37.8 Å². The number of carbonyl (C=O) groups is 1. The summed E-state index contributed by atoms with van der Waals surface area (Å²) in [6.07, 6.45) is 4.65. The highest BCUT2D eigenvalue weighted by Crippen LogP contribution is 2.33. The van der Waals surface area contributed by atoms with Crippen LogP contribution in [0.5, 0.6) is 0 Å². The lowest BCUT2D eigenvalue weighted by Gasteiger charge is -2.22. The largest absolute Gasteiger partial charge is 0.459 e. The molecule has 0 unspecified atom stereocenters. The lowest BCUT2D eigenvalue weighted by molar-refractivity contribution is 0.0211. The lowest BCUT2D eigenvalue weighted by Crippen LogP contribution is -2.21. The molecule has 0 radical (unpaired) electrons. The predicted octanol–water partition coefficient (Wildman–Crippen LogP) is 4.41. The summed E-state index contributed by atoms with van der Waals surface area (Å²) < 4.78 is 28.2. The van der Waals surface area contributed by atoms with E-state index in [-0.39, 0.29) is 21.7 Å². The third kappa shape index (κ3) is 4.25. The highest BCUT2D eigenvalue weighted by atomic mass is 35.7. The Labute approximate surface area is 137 Å². The van der Waals surface area contributed by atoms with Gasteiger partial charge in [0.25, 0.3) is 9.05 Å². The number of rotatable bonds is 3. The molecule has 1 aliphatic carbocycles. The summed E-state index contributed by atoms with van der Waals surface area (Å²) in [5.41, 5.74) is 0.0224. The summed E-state index contributed by atoms with van der Waals surface area (Å²) in [5.74, 6) is -0.623. The summed E-state index contributed by atoms with van der Waals surface area (Å²) in [4.78, 5) is 11.7. The fraction of sp³-hybridized carbons (Fsp3) is 0.462. The molecule has 0 aliphatic heterocycles. The lowest BCUT2D eigenvalue weighted by atomic mass is 9.98. The van der Waals surface area contributed by atoms with Gasteiger partial charge in [0.05, 0.1) is 15.6 Å². The van der Waals surface area contributed by atoms with Crippen molar-refractivity contribution in [2.45, 2.75) is 43.1 Å². The molecule has 0 saturated heterocycles. The predicted molar refractivity (Wildman–Crippen MR) is 81.8 cm³/mol. The minimum atomic E-state index is -4.10. The number of benzene rings is 1. The molecule has 1 aromatic carbocycles. The van der Waals surface area contributed by atoms with Gasteiger partial charge in [-0.3, -0.25) is 0 Å². The van der Waals surface area contributed by atoms with Crippen LogP contribution in [-0.2, 0) is 13.8 Å². The molecule has 0 spiro atoms. The Morgan fingerprint density at radius 2 is 1.76 bits per heavy atom. The SMILES string of the molecule is O=C(OC1CCCCC1)c1cc(Cl)c(Cl)c(S(=O)(=O)Cl)c1. The van der Waals surface area contributed by atoms with Gasteiger partial charge in [0.1, 0.15) is 11.0 Å². The maximum atomic E-state index is 12.1. The zero-order valence-corrected chi connectivity index (χ0v) is 14.0. The monoisotopic (exact) mass is 370 g/mol. The molecule has 1 fully saturated rings. The van der Waals surface area contributed by atoms with Gasteiger partial charge >= 0.3 is 5.97 Å². The average Bonchev–Trinajstić information content (AvgIpc) is 2.41. The number of carbonyl (C=O) groups excluding carboxylic acids is 1. The van der Waals surface area contributed by atoms with Crippen LogP contribution in [0.3, 0.4) is 0 Å². The summed E-state index contributed by atoms with van der Waals surface area (Å²) in [5, 5.41) is -0.269. The molecule has 0 atom stereocenters. The fourth-order valence-electron chi connectivity index (χ4n) is 2.26. The summed E-state index contributed by atoms with van der Waals surface area (Å²) in [6, 6.07) is 2.36. The second-order valence-corrected chi connectivity index (χ2v) is 8.19. The van der Waals surface area contributed by atoms with Crippen molar-refractivity contribution in [1.29, 1.82) is 0 Å². The maximum absolute atomic E-state index is 12.1. The van der Waals surface area contributed by atoms with Crippen molar-refractivity contribution >= 4 is 48.9 Å². The molecular weight excluding hydrogens is 359 g/mol. The molecule has 0 N–H and O–H groups in total. The molecule has 1 aromatic rings. The van der Waals surface area contributed by atoms with Crippen molar-refractivity contribution in [3.8, 4) is 0 Å². The molecule has 21 heavy (non-hydrogen) atoms. The van der Waals surface area contributed by atoms with Crippen molar-refractivity contribution < 1.29 is 17.9 Å². The van der Waals surface area contributed by atoms with Gasteiger partial charge in [0, 0.05) is 10.7 Å². The van der Waals surface area contributed by atoms with Gasteiger partial charge in [-0.2, -0.15) is 0 Å². The van der Waals surface area contributed by atoms with Gasteiger partial charge < -0.3 is 4.74 Å². The van der Waals surface area contributed by atoms with Crippen molar-refractivity contribution in [2.24, 2.45) is 0 Å². The van der Waals surface area contributed by atoms with Gasteiger partial charge in [-0.25, -0.2) is 13.2 Å². The maximum Gasteiger partial charge on any atom is 0.338 e. The van der Waals surface area contributed by atoms with Crippen molar-refractivity contribution in [1.82, 2.24) is 0 Å². The van der Waals surface area contributed by atoms with Gasteiger partial charge in [-0.15, -0.1) is 0 Å². The third-order valence-corrected chi connectivity index (χ3v) is 5.58. The van der Waals surface area contributed by atoms with Crippen molar-refractivity contribution in [3.63, 3.8) is 0 Å². The molecule has 116 valence electrons. The van der Waals surface area contributed by atoms with Crippen LogP contribution in [0.1, 0.15) is 42.5 Å². The number of hydrogen-bond acceptors (Lipinski definition) is 4. The molecule has 0 amide bonds. The summed E-state index contributed by atoms with van der Waals surface area (Å²) in [6.45, 7) is 0. The number of halogens is 3. The smallest absolute Gasteiger partial charge is 0.338 e. The van der Waals surface area contributed by atoms with Crippen LogP contribution >= 0.6 is 33.9 Å². The van der Waals surface area contributed by atoms with E-state index in [0.717, 1.165) is 38.2 Å². The van der Waals surface area contributed by atoms with Crippen LogP contribution in [0.15, 0.2) is 17.0 Å². The number of esters is 1. The van der Waals surface area contributed by atoms with E-state index in [1.807, 2.05) is 0 Å². The van der Waals surface area contributed by atoms with Crippen LogP contribution in [0.25, 0.3) is 0 Å². The topological polar surface area (TPSA) is 60.4 Å². The minimum absolute atomic E-state index is 0.0224. The second-order valence-electron chi connectivity index (χ2n) is 4.87. The molecule has 0 bridgehead atoms. The van der Waals surface area contributed by atoms with Crippen molar-refractivity contribution in [3.05, 3.63) is 27.7 Å². The van der Waals surface area contributed by atoms with Crippen LogP contribution in [0.2, 0.25) is 10.0 Å². The first kappa shape index (κ1) is 16.9. The average molecular weight is 372 g/mol. The van der Waals surface area contributed by atoms with Crippen LogP contribution < -0.4 is 0 Å². The Morgan fingerprint density at radius 3 is 2.33 bits per heavy atom. The fourth-order valence-corrected chi connectivity index (χ4v) is 4.03. The minimum Gasteiger partial charge on any atom is -0.459 e. The van der Waals surface area contributed by atoms with E-state index < -0.39 is 19.9 Å². The second kappa shape index (κ2) is 6.73. The number of ether oxygens (including phenoxy) is 1. The Kier molecular flexibility index (Phi) is 5.41. The molecule has 0 aromatic heterocycles. The molecule has 4 nitrogen and oxygen atoms in total. The zero-order valence-electron chi connectivity index (χ0n) is 10.9. The first-order chi connectivity index (χ1) is 9.79. The van der Waals surface area contributed by atoms with E-state index in [9.17, 15) is 13.2 Å². The Morgan fingerprint density at radius 1 is 1.14 bits per heavy atom. The van der Waals surface area contributed by atoms with E-state index in [0.29, 0.717) is 0 Å². The number of hydrogen-bond donors (Lipinski definition) is 0. The first-order valence-corrected chi connectivity index (χ1v) is 9.50. The zero-order chi connectivity index (χ0) is 15.6. The summed E-state index contributed by atoms with van der Waals surface area (Å²) >= 11 is 11.6. The van der Waals surface area contributed by atoms with Gasteiger partial charge in [0.15, 0.2) is 0 Å². The van der Waals surface area contributed by atoms with E-state index in [1.165, 1.54) is 6.07 Å². The van der Waals surface area contributed by atoms with E-state index in [4.69, 9.17) is 38.6 Å². The molecule has 2 rings (SSSR count). The highest BCUT2D eigenvalue weighted by Gasteiger charge is 2.23. The molecular formula is C13H13Cl3O4S. The first-order valence-electron chi connectivity index (χ1n) is 6.43. The van der Waals surface area contributed by atoms with E-state index in [2.05, 4.69) is 0 Å². The highest BCUT2D eigenvalue weighted by molar-refractivity contribution is 8.13.